The number of hydrogen-bond donors (Lipinski definition) is 1. The van der Waals surface area contributed by atoms with E-state index in [0.717, 1.165) is 51.4 Å². The average molecular weight is 360 g/mol. The number of ether oxygens (including phenoxy) is 3. The predicted octanol–water partition coefficient (Wildman–Crippen LogP) is 4.80. The Hall–Kier alpha value is -1.26. The lowest BCUT2D eigenvalue weighted by molar-refractivity contribution is -0.0518. The van der Waals surface area contributed by atoms with E-state index in [1.807, 2.05) is 0 Å². The van der Waals surface area contributed by atoms with Crippen molar-refractivity contribution in [3.8, 4) is 5.75 Å². The summed E-state index contributed by atoms with van der Waals surface area (Å²) in [6.07, 6.45) is 6.03. The van der Waals surface area contributed by atoms with Crippen molar-refractivity contribution >= 4 is 5.69 Å². The maximum atomic E-state index is 6.30. The molecule has 1 aromatic carbocycles. The Morgan fingerprint density at radius 3 is 2.81 bits per heavy atom. The van der Waals surface area contributed by atoms with Gasteiger partial charge in [-0.3, -0.25) is 0 Å². The molecule has 0 bridgehead atoms. The van der Waals surface area contributed by atoms with Crippen LogP contribution in [0.1, 0.15) is 57.6 Å². The van der Waals surface area contributed by atoms with Crippen LogP contribution in [-0.4, -0.2) is 32.5 Å². The number of hydrogen-bond acceptors (Lipinski definition) is 4. The van der Waals surface area contributed by atoms with Gasteiger partial charge in [-0.05, 0) is 62.1 Å². The number of benzene rings is 1. The monoisotopic (exact) mass is 359 g/mol. The highest BCUT2D eigenvalue weighted by Gasteiger charge is 2.42. The van der Waals surface area contributed by atoms with Gasteiger partial charge in [-0.25, -0.2) is 0 Å². The maximum absolute atomic E-state index is 6.30. The van der Waals surface area contributed by atoms with E-state index in [0.29, 0.717) is 23.8 Å². The summed E-state index contributed by atoms with van der Waals surface area (Å²) >= 11 is 0. The first-order valence-corrected chi connectivity index (χ1v) is 10.4. The molecule has 4 heteroatoms. The molecule has 0 unspecified atom stereocenters. The van der Waals surface area contributed by atoms with Crippen molar-refractivity contribution in [1.82, 2.24) is 0 Å². The molecule has 144 valence electrons. The molecule has 2 fully saturated rings. The fourth-order valence-corrected chi connectivity index (χ4v) is 4.73. The van der Waals surface area contributed by atoms with Crippen LogP contribution < -0.4 is 10.1 Å². The van der Waals surface area contributed by atoms with Crippen molar-refractivity contribution in [1.29, 1.82) is 0 Å². The molecule has 1 N–H and O–H groups in total. The quantitative estimate of drug-likeness (QED) is 0.820. The standard InChI is InChI=1S/C22H33NO3/c1-15(2)7-13-25-17-5-6-20-19(14-17)22-18(4-3-10-26-22)21(23-20)16-8-11-24-12-9-16/h5-6,14-16,18,21-23H,3-4,7-13H2,1-2H3/t18-,21-,22-/m0/s1. The molecule has 4 nitrogen and oxygen atoms in total. The first-order valence-electron chi connectivity index (χ1n) is 10.4. The molecule has 0 aromatic heterocycles. The minimum atomic E-state index is 0.210. The molecule has 1 aromatic rings. The van der Waals surface area contributed by atoms with Gasteiger partial charge in [0.1, 0.15) is 5.75 Å². The van der Waals surface area contributed by atoms with Crippen molar-refractivity contribution in [2.24, 2.45) is 17.8 Å². The second-order valence-electron chi connectivity index (χ2n) is 8.50. The molecular weight excluding hydrogens is 326 g/mol. The van der Waals surface area contributed by atoms with Crippen LogP contribution in [0.2, 0.25) is 0 Å². The minimum Gasteiger partial charge on any atom is -0.494 e. The Morgan fingerprint density at radius 1 is 1.15 bits per heavy atom. The van der Waals surface area contributed by atoms with Crippen molar-refractivity contribution in [2.75, 3.05) is 31.7 Å². The molecule has 3 atom stereocenters. The summed E-state index contributed by atoms with van der Waals surface area (Å²) in [4.78, 5) is 0. The predicted molar refractivity (Wildman–Crippen MR) is 104 cm³/mol. The molecule has 0 amide bonds. The van der Waals surface area contributed by atoms with E-state index < -0.39 is 0 Å². The van der Waals surface area contributed by atoms with Gasteiger partial charge in [-0.1, -0.05) is 13.8 Å². The van der Waals surface area contributed by atoms with E-state index in [2.05, 4.69) is 37.4 Å². The Kier molecular flexibility index (Phi) is 5.70. The van der Waals surface area contributed by atoms with E-state index in [1.54, 1.807) is 0 Å². The Labute approximate surface area is 157 Å². The van der Waals surface area contributed by atoms with Gasteiger partial charge in [0.15, 0.2) is 0 Å². The molecule has 3 aliphatic rings. The van der Waals surface area contributed by atoms with Crippen LogP contribution in [0.4, 0.5) is 5.69 Å². The summed E-state index contributed by atoms with van der Waals surface area (Å²) in [5.74, 6) is 2.89. The van der Waals surface area contributed by atoms with Crippen molar-refractivity contribution < 1.29 is 14.2 Å². The Bertz CT molecular complexity index is 597. The van der Waals surface area contributed by atoms with Gasteiger partial charge < -0.3 is 19.5 Å². The van der Waals surface area contributed by atoms with Crippen LogP contribution in [0.25, 0.3) is 0 Å². The molecule has 26 heavy (non-hydrogen) atoms. The van der Waals surface area contributed by atoms with Crippen LogP contribution in [0, 0.1) is 17.8 Å². The second-order valence-corrected chi connectivity index (χ2v) is 8.50. The summed E-state index contributed by atoms with van der Waals surface area (Å²) in [6, 6.07) is 7.02. The van der Waals surface area contributed by atoms with Crippen molar-refractivity contribution in [3.05, 3.63) is 23.8 Å². The number of rotatable bonds is 5. The molecule has 0 saturated carbocycles. The molecule has 2 saturated heterocycles. The summed E-state index contributed by atoms with van der Waals surface area (Å²) in [5.41, 5.74) is 2.53. The topological polar surface area (TPSA) is 39.7 Å². The largest absolute Gasteiger partial charge is 0.494 e. The summed E-state index contributed by atoms with van der Waals surface area (Å²) in [7, 11) is 0. The molecule has 3 aliphatic heterocycles. The fraction of sp³-hybridized carbons (Fsp3) is 0.727. The van der Waals surface area contributed by atoms with Gasteiger partial charge in [0.2, 0.25) is 0 Å². The fourth-order valence-electron chi connectivity index (χ4n) is 4.73. The van der Waals surface area contributed by atoms with Crippen LogP contribution in [0.3, 0.4) is 0 Å². The first kappa shape index (κ1) is 18.1. The third-order valence-electron chi connectivity index (χ3n) is 6.22. The van der Waals surface area contributed by atoms with E-state index >= 15 is 0 Å². The van der Waals surface area contributed by atoms with E-state index in [1.165, 1.54) is 24.1 Å². The number of anilines is 1. The molecular formula is C22H33NO3. The van der Waals surface area contributed by atoms with Gasteiger partial charge >= 0.3 is 0 Å². The van der Waals surface area contributed by atoms with E-state index in [9.17, 15) is 0 Å². The SMILES string of the molecule is CC(C)CCOc1ccc2c(c1)[C@H]1OCCC[C@H]1[C@H](C1CCOCC1)N2. The summed E-state index contributed by atoms with van der Waals surface area (Å²) in [5, 5.41) is 3.88. The zero-order chi connectivity index (χ0) is 17.9. The van der Waals surface area contributed by atoms with Crippen LogP contribution in [0.15, 0.2) is 18.2 Å². The van der Waals surface area contributed by atoms with E-state index in [-0.39, 0.29) is 6.10 Å². The van der Waals surface area contributed by atoms with Crippen molar-refractivity contribution in [3.63, 3.8) is 0 Å². The third kappa shape index (κ3) is 3.86. The van der Waals surface area contributed by atoms with Gasteiger partial charge in [0.05, 0.1) is 12.7 Å². The summed E-state index contributed by atoms with van der Waals surface area (Å²) < 4.78 is 17.9. The number of nitrogens with one attached hydrogen (secondary N) is 1. The number of fused-ring (bicyclic) bond motifs is 3. The Balaban J connectivity index is 1.54. The van der Waals surface area contributed by atoms with Gasteiger partial charge in [0, 0.05) is 43.0 Å². The third-order valence-corrected chi connectivity index (χ3v) is 6.22. The molecule has 3 heterocycles. The lowest BCUT2D eigenvalue weighted by Crippen LogP contribution is -2.46. The molecule has 0 aliphatic carbocycles. The highest BCUT2D eigenvalue weighted by atomic mass is 16.5. The normalized spacial score (nSPS) is 29.0. The van der Waals surface area contributed by atoms with Crippen LogP contribution in [0.5, 0.6) is 5.75 Å². The van der Waals surface area contributed by atoms with Crippen molar-refractivity contribution in [2.45, 2.75) is 58.1 Å². The second kappa shape index (κ2) is 8.18. The molecule has 4 rings (SSSR count). The molecule has 0 spiro atoms. The van der Waals surface area contributed by atoms with Gasteiger partial charge in [-0.2, -0.15) is 0 Å². The average Bonchev–Trinajstić information content (AvgIpc) is 2.68. The highest BCUT2D eigenvalue weighted by Crippen LogP contribution is 2.47. The zero-order valence-corrected chi connectivity index (χ0v) is 16.2. The lowest BCUT2D eigenvalue weighted by Gasteiger charge is -2.46. The molecule has 0 radical (unpaired) electrons. The van der Waals surface area contributed by atoms with Crippen LogP contribution in [-0.2, 0) is 9.47 Å². The Morgan fingerprint density at radius 2 is 2.00 bits per heavy atom. The lowest BCUT2D eigenvalue weighted by atomic mass is 9.73. The van der Waals surface area contributed by atoms with Gasteiger partial charge in [-0.15, -0.1) is 0 Å². The zero-order valence-electron chi connectivity index (χ0n) is 16.2. The highest BCUT2D eigenvalue weighted by molar-refractivity contribution is 5.58. The van der Waals surface area contributed by atoms with Crippen LogP contribution >= 0.6 is 0 Å². The summed E-state index contributed by atoms with van der Waals surface area (Å²) in [6.45, 7) is 7.92. The van der Waals surface area contributed by atoms with Gasteiger partial charge in [0.25, 0.3) is 0 Å². The van der Waals surface area contributed by atoms with E-state index in [4.69, 9.17) is 14.2 Å². The maximum Gasteiger partial charge on any atom is 0.119 e. The smallest absolute Gasteiger partial charge is 0.119 e. The minimum absolute atomic E-state index is 0.210. The first-order chi connectivity index (χ1) is 12.7.